The highest BCUT2D eigenvalue weighted by Crippen LogP contribution is 2.31. The van der Waals surface area contributed by atoms with Gasteiger partial charge in [-0.05, 0) is 19.9 Å². The summed E-state index contributed by atoms with van der Waals surface area (Å²) in [7, 11) is 0. The maximum Gasteiger partial charge on any atom is 0.358 e. The topological polar surface area (TPSA) is 56.3 Å². The lowest BCUT2D eigenvalue weighted by Gasteiger charge is -2.06. The molecule has 2 aromatic heterocycles. The normalized spacial score (nSPS) is 10.6. The van der Waals surface area contributed by atoms with Crippen molar-refractivity contribution in [3.63, 3.8) is 0 Å². The van der Waals surface area contributed by atoms with Gasteiger partial charge in [-0.25, -0.2) is 9.78 Å². The van der Waals surface area contributed by atoms with E-state index in [2.05, 4.69) is 4.98 Å². The highest BCUT2D eigenvalue weighted by Gasteiger charge is 2.20. The van der Waals surface area contributed by atoms with Crippen LogP contribution in [0.1, 0.15) is 30.6 Å². The summed E-state index contributed by atoms with van der Waals surface area (Å²) in [6.07, 6.45) is 1.20. The Bertz CT molecular complexity index is 758. The monoisotopic (exact) mass is 377 g/mol. The van der Waals surface area contributed by atoms with E-state index in [1.54, 1.807) is 6.07 Å². The number of rotatable bonds is 4. The SMILES string of the molecule is Cc1cc(C(=O)COC(=O)c2ncc(Cl)c(Cl)c2Cl)c(C)s1. The molecule has 0 saturated heterocycles. The molecule has 0 saturated carbocycles. The van der Waals surface area contributed by atoms with E-state index in [4.69, 9.17) is 39.5 Å². The van der Waals surface area contributed by atoms with Crippen molar-refractivity contribution in [3.8, 4) is 0 Å². The largest absolute Gasteiger partial charge is 0.453 e. The summed E-state index contributed by atoms with van der Waals surface area (Å²) in [5, 5.41) is 0.0405. The fourth-order valence-electron chi connectivity index (χ4n) is 1.77. The van der Waals surface area contributed by atoms with Gasteiger partial charge in [-0.15, -0.1) is 11.3 Å². The van der Waals surface area contributed by atoms with Crippen molar-refractivity contribution in [1.29, 1.82) is 0 Å². The number of nitrogens with zero attached hydrogens (tertiary/aromatic N) is 1. The third-order valence-corrected chi connectivity index (χ3v) is 4.99. The molecular weight excluding hydrogens is 369 g/mol. The predicted molar refractivity (Wildman–Crippen MR) is 87.7 cm³/mol. The Morgan fingerprint density at radius 3 is 2.50 bits per heavy atom. The summed E-state index contributed by atoms with van der Waals surface area (Å²) in [5.74, 6) is -1.12. The summed E-state index contributed by atoms with van der Waals surface area (Å²) >= 11 is 19.0. The zero-order chi connectivity index (χ0) is 16.4. The Morgan fingerprint density at radius 1 is 1.23 bits per heavy atom. The van der Waals surface area contributed by atoms with Gasteiger partial charge in [0, 0.05) is 21.5 Å². The average Bonchev–Trinajstić information content (AvgIpc) is 2.81. The quantitative estimate of drug-likeness (QED) is 0.568. The fraction of sp³-hybridized carbons (Fsp3) is 0.214. The molecule has 2 rings (SSSR count). The molecule has 0 fully saturated rings. The summed E-state index contributed by atoms with van der Waals surface area (Å²) in [4.78, 5) is 29.7. The van der Waals surface area contributed by atoms with Gasteiger partial charge in [-0.1, -0.05) is 34.8 Å². The van der Waals surface area contributed by atoms with E-state index in [1.807, 2.05) is 13.8 Å². The van der Waals surface area contributed by atoms with Crippen LogP contribution in [-0.2, 0) is 4.74 Å². The minimum Gasteiger partial charge on any atom is -0.453 e. The molecule has 0 bridgehead atoms. The number of halogens is 3. The van der Waals surface area contributed by atoms with Crippen molar-refractivity contribution in [2.24, 2.45) is 0 Å². The lowest BCUT2D eigenvalue weighted by atomic mass is 10.2. The molecule has 0 radical (unpaired) electrons. The smallest absolute Gasteiger partial charge is 0.358 e. The summed E-state index contributed by atoms with van der Waals surface area (Å²) in [6, 6.07) is 1.76. The Kier molecular flexibility index (Phi) is 5.45. The van der Waals surface area contributed by atoms with Crippen molar-refractivity contribution in [2.75, 3.05) is 6.61 Å². The van der Waals surface area contributed by atoms with Gasteiger partial charge in [0.2, 0.25) is 5.78 Å². The molecule has 0 N–H and O–H groups in total. The average molecular weight is 379 g/mol. The molecule has 0 aliphatic heterocycles. The third kappa shape index (κ3) is 3.60. The molecule has 8 heteroatoms. The van der Waals surface area contributed by atoms with E-state index < -0.39 is 12.6 Å². The molecule has 2 aromatic rings. The molecule has 0 spiro atoms. The number of hydrogen-bond acceptors (Lipinski definition) is 5. The Morgan fingerprint density at radius 2 is 1.91 bits per heavy atom. The van der Waals surface area contributed by atoms with E-state index >= 15 is 0 Å². The van der Waals surface area contributed by atoms with Crippen molar-refractivity contribution < 1.29 is 14.3 Å². The number of hydrogen-bond donors (Lipinski definition) is 0. The van der Waals surface area contributed by atoms with Crippen LogP contribution in [0.2, 0.25) is 15.1 Å². The zero-order valence-corrected chi connectivity index (χ0v) is 14.7. The first kappa shape index (κ1) is 17.2. The molecule has 0 aliphatic carbocycles. The Labute approximate surface area is 146 Å². The van der Waals surface area contributed by atoms with E-state index in [1.165, 1.54) is 17.5 Å². The number of carbonyl (C=O) groups excluding carboxylic acids is 2. The molecule has 0 atom stereocenters. The molecule has 0 aliphatic rings. The number of esters is 1. The van der Waals surface area contributed by atoms with E-state index in [0.29, 0.717) is 5.56 Å². The zero-order valence-electron chi connectivity index (χ0n) is 11.6. The molecule has 22 heavy (non-hydrogen) atoms. The van der Waals surface area contributed by atoms with Gasteiger partial charge in [-0.3, -0.25) is 4.79 Å². The van der Waals surface area contributed by atoms with Crippen LogP contribution in [-0.4, -0.2) is 23.3 Å². The van der Waals surface area contributed by atoms with Gasteiger partial charge in [0.15, 0.2) is 12.3 Å². The second-order valence-electron chi connectivity index (χ2n) is 4.41. The first-order valence-corrected chi connectivity index (χ1v) is 8.03. The van der Waals surface area contributed by atoms with E-state index in [9.17, 15) is 9.59 Å². The van der Waals surface area contributed by atoms with Crippen LogP contribution in [0.25, 0.3) is 0 Å². The number of aromatic nitrogens is 1. The standard InChI is InChI=1S/C14H10Cl3NO3S/c1-6-3-8(7(2)22-6)10(19)5-21-14(20)13-12(17)11(16)9(15)4-18-13/h3-4H,5H2,1-2H3. The third-order valence-electron chi connectivity index (χ3n) is 2.79. The molecule has 0 aromatic carbocycles. The molecule has 2 heterocycles. The van der Waals surface area contributed by atoms with Gasteiger partial charge in [-0.2, -0.15) is 0 Å². The summed E-state index contributed by atoms with van der Waals surface area (Å²) < 4.78 is 4.95. The first-order valence-electron chi connectivity index (χ1n) is 6.08. The number of pyridine rings is 1. The van der Waals surface area contributed by atoms with E-state index in [-0.39, 0.29) is 26.5 Å². The molecular formula is C14H10Cl3NO3S. The number of aryl methyl sites for hydroxylation is 2. The lowest BCUT2D eigenvalue weighted by Crippen LogP contribution is -2.15. The van der Waals surface area contributed by atoms with Crippen molar-refractivity contribution in [2.45, 2.75) is 13.8 Å². The van der Waals surface area contributed by atoms with Gasteiger partial charge >= 0.3 is 5.97 Å². The first-order chi connectivity index (χ1) is 10.3. The second-order valence-corrected chi connectivity index (χ2v) is 7.03. The van der Waals surface area contributed by atoms with Crippen molar-refractivity contribution >= 4 is 57.9 Å². The number of thiophene rings is 1. The maximum atomic E-state index is 12.0. The number of Topliss-reactive ketones (excluding diaryl/α,β-unsaturated/α-hetero) is 1. The fourth-order valence-corrected chi connectivity index (χ4v) is 3.27. The Balaban J connectivity index is 2.09. The van der Waals surface area contributed by atoms with Crippen LogP contribution >= 0.6 is 46.1 Å². The minimum absolute atomic E-state index is 0.0147. The summed E-state index contributed by atoms with van der Waals surface area (Å²) in [6.45, 7) is 3.35. The molecule has 4 nitrogen and oxygen atoms in total. The van der Waals surface area contributed by atoms with Crippen LogP contribution in [0.3, 0.4) is 0 Å². The lowest BCUT2D eigenvalue weighted by molar-refractivity contribution is 0.0469. The van der Waals surface area contributed by atoms with Crippen LogP contribution in [0.15, 0.2) is 12.3 Å². The number of ketones is 1. The highest BCUT2D eigenvalue weighted by atomic mass is 35.5. The molecule has 0 unspecified atom stereocenters. The minimum atomic E-state index is -0.832. The van der Waals surface area contributed by atoms with Crippen molar-refractivity contribution in [1.82, 2.24) is 4.98 Å². The second kappa shape index (κ2) is 6.96. The van der Waals surface area contributed by atoms with Crippen LogP contribution < -0.4 is 0 Å². The number of carbonyl (C=O) groups is 2. The van der Waals surface area contributed by atoms with Crippen LogP contribution in [0, 0.1) is 13.8 Å². The maximum absolute atomic E-state index is 12.0. The van der Waals surface area contributed by atoms with Crippen molar-refractivity contribution in [3.05, 3.63) is 48.3 Å². The predicted octanol–water partition coefficient (Wildman–Crippen LogP) is 4.76. The van der Waals surface area contributed by atoms with Gasteiger partial charge in [0.1, 0.15) is 0 Å². The Hall–Kier alpha value is -1.14. The number of ether oxygens (including phenoxy) is 1. The van der Waals surface area contributed by atoms with E-state index in [0.717, 1.165) is 9.75 Å². The van der Waals surface area contributed by atoms with Crippen LogP contribution in [0.5, 0.6) is 0 Å². The molecule has 116 valence electrons. The summed E-state index contributed by atoms with van der Waals surface area (Å²) in [5.41, 5.74) is 0.366. The highest BCUT2D eigenvalue weighted by molar-refractivity contribution is 7.12. The van der Waals surface area contributed by atoms with Crippen LogP contribution in [0.4, 0.5) is 0 Å². The van der Waals surface area contributed by atoms with Gasteiger partial charge in [0.05, 0.1) is 15.1 Å². The molecule has 0 amide bonds. The van der Waals surface area contributed by atoms with Gasteiger partial charge in [0.25, 0.3) is 0 Å². The van der Waals surface area contributed by atoms with Gasteiger partial charge < -0.3 is 4.74 Å².